The Morgan fingerprint density at radius 3 is 2.76 bits per heavy atom. The highest BCUT2D eigenvalue weighted by molar-refractivity contribution is 6.32. The number of aromatic nitrogens is 2. The third-order valence-corrected chi connectivity index (χ3v) is 3.96. The lowest BCUT2D eigenvalue weighted by Crippen LogP contribution is -2.08. The molecular weight excluding hydrogens is 342 g/mol. The average molecular weight is 358 g/mol. The van der Waals surface area contributed by atoms with E-state index < -0.39 is 5.97 Å². The van der Waals surface area contributed by atoms with Crippen LogP contribution in [0.15, 0.2) is 30.3 Å². The monoisotopic (exact) mass is 357 g/mol. The summed E-state index contributed by atoms with van der Waals surface area (Å²) in [4.78, 5) is 32.1. The van der Waals surface area contributed by atoms with Gasteiger partial charge in [-0.05, 0) is 38.1 Å². The summed E-state index contributed by atoms with van der Waals surface area (Å²) in [5, 5.41) is 0.753. The van der Waals surface area contributed by atoms with Crippen molar-refractivity contribution in [2.45, 2.75) is 13.8 Å². The number of rotatable bonds is 4. The summed E-state index contributed by atoms with van der Waals surface area (Å²) >= 11 is 6.08. The number of halogens is 1. The smallest absolute Gasteiger partial charge is 0.338 e. The molecule has 2 aromatic heterocycles. The van der Waals surface area contributed by atoms with Crippen molar-refractivity contribution in [1.82, 2.24) is 9.97 Å². The summed E-state index contributed by atoms with van der Waals surface area (Å²) in [6.45, 7) is 3.72. The first-order chi connectivity index (χ1) is 11.9. The minimum atomic E-state index is -0.548. The van der Waals surface area contributed by atoms with Gasteiger partial charge in [0.1, 0.15) is 11.4 Å². The number of ketones is 1. The topological polar surface area (TPSA) is 98.1 Å². The van der Waals surface area contributed by atoms with Gasteiger partial charge in [0.15, 0.2) is 0 Å². The minimum Gasteiger partial charge on any atom is -0.462 e. The van der Waals surface area contributed by atoms with Gasteiger partial charge in [0.05, 0.1) is 23.4 Å². The number of nitrogen functional groups attached to an aromatic ring is 1. The number of fused-ring (bicyclic) bond motifs is 1. The largest absolute Gasteiger partial charge is 0.462 e. The van der Waals surface area contributed by atoms with Gasteiger partial charge in [0, 0.05) is 16.1 Å². The van der Waals surface area contributed by atoms with Gasteiger partial charge in [-0.25, -0.2) is 9.78 Å². The molecule has 0 fully saturated rings. The summed E-state index contributed by atoms with van der Waals surface area (Å²) in [5.74, 6) is -0.906. The zero-order chi connectivity index (χ0) is 18.1. The van der Waals surface area contributed by atoms with Crippen LogP contribution in [0.3, 0.4) is 0 Å². The highest BCUT2D eigenvalue weighted by Gasteiger charge is 2.23. The van der Waals surface area contributed by atoms with E-state index in [1.54, 1.807) is 38.1 Å². The van der Waals surface area contributed by atoms with E-state index in [-0.39, 0.29) is 35.0 Å². The molecule has 0 aliphatic carbocycles. The van der Waals surface area contributed by atoms with Crippen molar-refractivity contribution in [2.24, 2.45) is 0 Å². The molecule has 0 bridgehead atoms. The van der Waals surface area contributed by atoms with Crippen molar-refractivity contribution in [3.63, 3.8) is 0 Å². The number of carbonyl (C=O) groups excluding carboxylic acids is 2. The van der Waals surface area contributed by atoms with Crippen LogP contribution in [0.5, 0.6) is 0 Å². The van der Waals surface area contributed by atoms with E-state index in [0.717, 1.165) is 5.69 Å². The van der Waals surface area contributed by atoms with Crippen LogP contribution < -0.4 is 5.73 Å². The van der Waals surface area contributed by atoms with Crippen LogP contribution >= 0.6 is 11.6 Å². The van der Waals surface area contributed by atoms with Crippen molar-refractivity contribution < 1.29 is 14.3 Å². The Hall–Kier alpha value is -2.86. The summed E-state index contributed by atoms with van der Waals surface area (Å²) < 4.78 is 5.05. The number of hydrogen-bond acceptors (Lipinski definition) is 5. The van der Waals surface area contributed by atoms with E-state index in [1.165, 1.54) is 6.07 Å². The Kier molecular flexibility index (Phi) is 4.46. The van der Waals surface area contributed by atoms with Crippen LogP contribution in [0.2, 0.25) is 5.02 Å². The Morgan fingerprint density at radius 2 is 2.08 bits per heavy atom. The van der Waals surface area contributed by atoms with Crippen LogP contribution in [0.25, 0.3) is 10.9 Å². The number of benzene rings is 1. The second kappa shape index (κ2) is 6.57. The van der Waals surface area contributed by atoms with Gasteiger partial charge < -0.3 is 15.5 Å². The quantitative estimate of drug-likeness (QED) is 0.550. The molecule has 0 radical (unpaired) electrons. The van der Waals surface area contributed by atoms with Gasteiger partial charge >= 0.3 is 5.97 Å². The number of ether oxygens (including phenoxy) is 1. The van der Waals surface area contributed by atoms with Crippen molar-refractivity contribution >= 4 is 39.9 Å². The summed E-state index contributed by atoms with van der Waals surface area (Å²) in [6, 6.07) is 8.24. The van der Waals surface area contributed by atoms with Crippen molar-refractivity contribution in [3.8, 4) is 0 Å². The maximum atomic E-state index is 12.8. The van der Waals surface area contributed by atoms with E-state index in [1.807, 2.05) is 0 Å². The van der Waals surface area contributed by atoms with Gasteiger partial charge in [0.2, 0.25) is 5.78 Å². The standard InChI is InChI=1S/C18H16ClN3O3/c1-3-25-18(24)11-7-10(19)8-13-14(11)15(20)16(22-13)17(23)12-6-4-5-9(2)21-12/h4-8,22H,3,20H2,1-2H3. The number of anilines is 1. The van der Waals surface area contributed by atoms with Crippen LogP contribution in [-0.4, -0.2) is 28.3 Å². The fourth-order valence-corrected chi connectivity index (χ4v) is 2.89. The Bertz CT molecular complexity index is 995. The Morgan fingerprint density at radius 1 is 1.32 bits per heavy atom. The molecule has 0 aliphatic rings. The fourth-order valence-electron chi connectivity index (χ4n) is 2.67. The van der Waals surface area contributed by atoms with Gasteiger partial charge in [0.25, 0.3) is 0 Å². The molecule has 128 valence electrons. The molecule has 3 aromatic rings. The molecule has 0 saturated carbocycles. The number of aromatic amines is 1. The molecule has 7 heteroatoms. The molecule has 25 heavy (non-hydrogen) atoms. The van der Waals surface area contributed by atoms with Gasteiger partial charge in [-0.3, -0.25) is 4.79 Å². The predicted octanol–water partition coefficient (Wildman–Crippen LogP) is 3.51. The Labute approximate surface area is 149 Å². The van der Waals surface area contributed by atoms with Crippen LogP contribution in [0.1, 0.15) is 39.2 Å². The second-order valence-electron chi connectivity index (χ2n) is 5.50. The Balaban J connectivity index is 2.18. The van der Waals surface area contributed by atoms with Gasteiger partial charge in [-0.15, -0.1) is 0 Å². The molecule has 0 saturated heterocycles. The number of pyridine rings is 1. The number of nitrogens with one attached hydrogen (secondary N) is 1. The minimum absolute atomic E-state index is 0.168. The molecular formula is C18H16ClN3O3. The summed E-state index contributed by atoms with van der Waals surface area (Å²) in [6.07, 6.45) is 0. The third-order valence-electron chi connectivity index (χ3n) is 3.74. The SMILES string of the molecule is CCOC(=O)c1cc(Cl)cc2[nH]c(C(=O)c3cccc(C)n3)c(N)c12. The van der Waals surface area contributed by atoms with Crippen LogP contribution in [-0.2, 0) is 4.74 Å². The molecule has 3 rings (SSSR count). The molecule has 0 unspecified atom stereocenters. The number of nitrogens with two attached hydrogens (primary N) is 1. The van der Waals surface area contributed by atoms with Gasteiger partial charge in [-0.2, -0.15) is 0 Å². The highest BCUT2D eigenvalue weighted by Crippen LogP contribution is 2.32. The average Bonchev–Trinajstić information content (AvgIpc) is 2.90. The predicted molar refractivity (Wildman–Crippen MR) is 96.1 cm³/mol. The normalized spacial score (nSPS) is 10.8. The van der Waals surface area contributed by atoms with E-state index in [2.05, 4.69) is 9.97 Å². The number of hydrogen-bond donors (Lipinski definition) is 2. The number of esters is 1. The van der Waals surface area contributed by atoms with E-state index in [9.17, 15) is 9.59 Å². The fraction of sp³-hybridized carbons (Fsp3) is 0.167. The number of nitrogens with zero attached hydrogens (tertiary/aromatic N) is 1. The second-order valence-corrected chi connectivity index (χ2v) is 5.94. The van der Waals surface area contributed by atoms with Crippen LogP contribution in [0.4, 0.5) is 5.69 Å². The van der Waals surface area contributed by atoms with Crippen molar-refractivity contribution in [1.29, 1.82) is 0 Å². The maximum absolute atomic E-state index is 12.8. The molecule has 0 aliphatic heterocycles. The van der Waals surface area contributed by atoms with Crippen LogP contribution in [0, 0.1) is 6.92 Å². The number of aryl methyl sites for hydroxylation is 1. The first kappa shape index (κ1) is 17.0. The molecule has 3 N–H and O–H groups in total. The lowest BCUT2D eigenvalue weighted by molar-refractivity contribution is 0.0528. The van der Waals surface area contributed by atoms with E-state index in [4.69, 9.17) is 22.1 Å². The first-order valence-corrected chi connectivity index (χ1v) is 8.06. The summed E-state index contributed by atoms with van der Waals surface area (Å²) in [5.41, 5.74) is 8.20. The lowest BCUT2D eigenvalue weighted by Gasteiger charge is -2.05. The molecule has 1 aromatic carbocycles. The highest BCUT2D eigenvalue weighted by atomic mass is 35.5. The van der Waals surface area contributed by atoms with E-state index in [0.29, 0.717) is 15.9 Å². The zero-order valence-electron chi connectivity index (χ0n) is 13.7. The number of H-pyrrole nitrogens is 1. The summed E-state index contributed by atoms with van der Waals surface area (Å²) in [7, 11) is 0. The van der Waals surface area contributed by atoms with E-state index >= 15 is 0 Å². The lowest BCUT2D eigenvalue weighted by atomic mass is 10.1. The zero-order valence-corrected chi connectivity index (χ0v) is 14.5. The molecule has 0 atom stereocenters. The third kappa shape index (κ3) is 3.08. The van der Waals surface area contributed by atoms with Crippen molar-refractivity contribution in [2.75, 3.05) is 12.3 Å². The molecule has 0 amide bonds. The molecule has 6 nitrogen and oxygen atoms in total. The maximum Gasteiger partial charge on any atom is 0.338 e. The van der Waals surface area contributed by atoms with Crippen molar-refractivity contribution in [3.05, 3.63) is 58.0 Å². The first-order valence-electron chi connectivity index (χ1n) is 7.68. The molecule has 2 heterocycles. The molecule has 0 spiro atoms. The van der Waals surface area contributed by atoms with Gasteiger partial charge in [-0.1, -0.05) is 17.7 Å². The number of carbonyl (C=O) groups is 2.